The summed E-state index contributed by atoms with van der Waals surface area (Å²) in [5, 5.41) is 0. The first kappa shape index (κ1) is 8.62. The van der Waals surface area contributed by atoms with Gasteiger partial charge in [-0.1, -0.05) is 12.2 Å². The lowest BCUT2D eigenvalue weighted by atomic mass is 10.0. The molecule has 11 heavy (non-hydrogen) atoms. The van der Waals surface area contributed by atoms with Crippen molar-refractivity contribution < 1.29 is 13.5 Å². The first-order valence-corrected chi connectivity index (χ1v) is 3.52. The van der Waals surface area contributed by atoms with Crippen molar-refractivity contribution in [3.63, 3.8) is 0 Å². The van der Waals surface area contributed by atoms with Gasteiger partial charge in [0.25, 0.3) is 0 Å². The van der Waals surface area contributed by atoms with E-state index in [2.05, 4.69) is 0 Å². The minimum absolute atomic E-state index is 0.0350. The van der Waals surface area contributed by atoms with E-state index in [-0.39, 0.29) is 6.54 Å². The molecule has 1 rings (SSSR count). The molecule has 0 amide bonds. The van der Waals surface area contributed by atoms with Crippen LogP contribution in [0, 0.1) is 5.92 Å². The van der Waals surface area contributed by atoms with Crippen LogP contribution in [0.2, 0.25) is 0 Å². The predicted molar refractivity (Wildman–Crippen MR) is 37.4 cm³/mol. The SMILES string of the molecule is NC[C@H](C(F)F)[C@@H]1C=CCO1. The van der Waals surface area contributed by atoms with Gasteiger partial charge in [-0.25, -0.2) is 8.78 Å². The van der Waals surface area contributed by atoms with Gasteiger partial charge in [-0.05, 0) is 0 Å². The number of alkyl halides is 2. The lowest BCUT2D eigenvalue weighted by Gasteiger charge is -2.18. The van der Waals surface area contributed by atoms with Gasteiger partial charge in [0, 0.05) is 6.54 Å². The van der Waals surface area contributed by atoms with Gasteiger partial charge in [-0.15, -0.1) is 0 Å². The summed E-state index contributed by atoms with van der Waals surface area (Å²) in [4.78, 5) is 0. The van der Waals surface area contributed by atoms with E-state index in [1.165, 1.54) is 0 Å². The van der Waals surface area contributed by atoms with Crippen LogP contribution >= 0.6 is 0 Å². The summed E-state index contributed by atoms with van der Waals surface area (Å²) >= 11 is 0. The molecule has 0 fully saturated rings. The van der Waals surface area contributed by atoms with E-state index in [9.17, 15) is 8.78 Å². The monoisotopic (exact) mass is 163 g/mol. The standard InChI is InChI=1S/C7H11F2NO/c8-7(9)5(4-10)6-2-1-3-11-6/h1-2,5-7H,3-4,10H2/t5-,6-/m0/s1. The highest BCUT2D eigenvalue weighted by Crippen LogP contribution is 2.19. The third-order valence-electron chi connectivity index (χ3n) is 1.73. The minimum Gasteiger partial charge on any atom is -0.370 e. The van der Waals surface area contributed by atoms with Crippen LogP contribution < -0.4 is 5.73 Å². The normalized spacial score (nSPS) is 26.4. The third-order valence-corrected chi connectivity index (χ3v) is 1.73. The lowest BCUT2D eigenvalue weighted by Crippen LogP contribution is -2.32. The van der Waals surface area contributed by atoms with Gasteiger partial charge in [0.15, 0.2) is 0 Å². The number of hydrogen-bond acceptors (Lipinski definition) is 2. The van der Waals surface area contributed by atoms with Crippen molar-refractivity contribution in [1.29, 1.82) is 0 Å². The number of hydrogen-bond donors (Lipinski definition) is 1. The summed E-state index contributed by atoms with van der Waals surface area (Å²) in [5.74, 6) is -0.853. The maximum absolute atomic E-state index is 12.2. The number of halogens is 2. The van der Waals surface area contributed by atoms with Gasteiger partial charge >= 0.3 is 0 Å². The summed E-state index contributed by atoms with van der Waals surface area (Å²) < 4.78 is 29.3. The molecule has 0 bridgehead atoms. The Hall–Kier alpha value is -0.480. The second-order valence-corrected chi connectivity index (χ2v) is 2.46. The number of nitrogens with two attached hydrogens (primary N) is 1. The number of ether oxygens (including phenoxy) is 1. The van der Waals surface area contributed by atoms with Crippen molar-refractivity contribution in [2.45, 2.75) is 12.5 Å². The fourth-order valence-corrected chi connectivity index (χ4v) is 1.06. The lowest BCUT2D eigenvalue weighted by molar-refractivity contribution is -0.00569. The molecule has 1 aliphatic heterocycles. The molecule has 4 heteroatoms. The van der Waals surface area contributed by atoms with Gasteiger partial charge in [-0.2, -0.15) is 0 Å². The van der Waals surface area contributed by atoms with Gasteiger partial charge < -0.3 is 10.5 Å². The maximum Gasteiger partial charge on any atom is 0.245 e. The molecule has 0 saturated carbocycles. The molecule has 64 valence electrons. The Labute approximate surface area is 64.0 Å². The van der Waals surface area contributed by atoms with Crippen molar-refractivity contribution in [3.05, 3.63) is 12.2 Å². The smallest absolute Gasteiger partial charge is 0.245 e. The van der Waals surface area contributed by atoms with Crippen molar-refractivity contribution in [3.8, 4) is 0 Å². The van der Waals surface area contributed by atoms with E-state index in [1.807, 2.05) is 0 Å². The van der Waals surface area contributed by atoms with E-state index in [0.717, 1.165) is 0 Å². The maximum atomic E-state index is 12.2. The zero-order chi connectivity index (χ0) is 8.27. The Balaban J connectivity index is 2.47. The second kappa shape index (κ2) is 3.78. The van der Waals surface area contributed by atoms with Crippen LogP contribution in [0.5, 0.6) is 0 Å². The topological polar surface area (TPSA) is 35.2 Å². The molecule has 2 nitrogen and oxygen atoms in total. The molecule has 0 unspecified atom stereocenters. The highest BCUT2D eigenvalue weighted by Gasteiger charge is 2.28. The van der Waals surface area contributed by atoms with Gasteiger partial charge in [0.1, 0.15) is 0 Å². The van der Waals surface area contributed by atoms with E-state index in [0.29, 0.717) is 6.61 Å². The van der Waals surface area contributed by atoms with Crippen LogP contribution in [0.25, 0.3) is 0 Å². The molecule has 0 spiro atoms. The van der Waals surface area contributed by atoms with Gasteiger partial charge in [-0.3, -0.25) is 0 Å². The van der Waals surface area contributed by atoms with Crippen molar-refractivity contribution >= 4 is 0 Å². The van der Waals surface area contributed by atoms with Crippen LogP contribution in [0.4, 0.5) is 8.78 Å². The van der Waals surface area contributed by atoms with E-state index in [1.54, 1.807) is 12.2 Å². The average molecular weight is 163 g/mol. The summed E-state index contributed by atoms with van der Waals surface area (Å²) in [6, 6.07) is 0. The summed E-state index contributed by atoms with van der Waals surface area (Å²) in [5.41, 5.74) is 5.16. The molecule has 0 aromatic rings. The van der Waals surface area contributed by atoms with Crippen molar-refractivity contribution in [2.24, 2.45) is 11.7 Å². The molecule has 1 heterocycles. The highest BCUT2D eigenvalue weighted by atomic mass is 19.3. The van der Waals surface area contributed by atoms with Crippen molar-refractivity contribution in [2.75, 3.05) is 13.2 Å². The van der Waals surface area contributed by atoms with Crippen LogP contribution in [-0.2, 0) is 4.74 Å². The second-order valence-electron chi connectivity index (χ2n) is 2.46. The largest absolute Gasteiger partial charge is 0.370 e. The van der Waals surface area contributed by atoms with Gasteiger partial charge in [0.05, 0.1) is 18.6 Å². The summed E-state index contributed by atoms with van der Waals surface area (Å²) in [7, 11) is 0. The quantitative estimate of drug-likeness (QED) is 0.624. The first-order chi connectivity index (χ1) is 5.25. The van der Waals surface area contributed by atoms with E-state index < -0.39 is 18.4 Å². The molecule has 0 radical (unpaired) electrons. The molecule has 2 atom stereocenters. The molecular weight excluding hydrogens is 152 g/mol. The van der Waals surface area contributed by atoms with Gasteiger partial charge in [0.2, 0.25) is 6.43 Å². The highest BCUT2D eigenvalue weighted by molar-refractivity contribution is 4.99. The minimum atomic E-state index is -2.40. The van der Waals surface area contributed by atoms with E-state index in [4.69, 9.17) is 10.5 Å². The molecule has 2 N–H and O–H groups in total. The fraction of sp³-hybridized carbons (Fsp3) is 0.714. The number of rotatable bonds is 3. The van der Waals surface area contributed by atoms with Crippen LogP contribution in [0.15, 0.2) is 12.2 Å². The zero-order valence-corrected chi connectivity index (χ0v) is 6.04. The predicted octanol–water partition coefficient (Wildman–Crippen LogP) is 0.781. The molecule has 0 aliphatic carbocycles. The van der Waals surface area contributed by atoms with Crippen LogP contribution in [0.3, 0.4) is 0 Å². The Kier molecular flexibility index (Phi) is 2.96. The Morgan fingerprint density at radius 3 is 2.73 bits per heavy atom. The zero-order valence-electron chi connectivity index (χ0n) is 6.04. The first-order valence-electron chi connectivity index (χ1n) is 3.52. The molecule has 1 aliphatic rings. The van der Waals surface area contributed by atoms with Crippen LogP contribution in [0.1, 0.15) is 0 Å². The van der Waals surface area contributed by atoms with Crippen LogP contribution in [-0.4, -0.2) is 25.7 Å². The Morgan fingerprint density at radius 1 is 1.64 bits per heavy atom. The summed E-state index contributed by atoms with van der Waals surface area (Å²) in [6.45, 7) is 0.389. The Morgan fingerprint density at radius 2 is 2.36 bits per heavy atom. The van der Waals surface area contributed by atoms with Crippen molar-refractivity contribution in [1.82, 2.24) is 0 Å². The average Bonchev–Trinajstić information content (AvgIpc) is 2.40. The fourth-order valence-electron chi connectivity index (χ4n) is 1.06. The molecule has 0 aromatic carbocycles. The molecule has 0 aromatic heterocycles. The Bertz CT molecular complexity index is 149. The molecule has 0 saturated heterocycles. The summed E-state index contributed by atoms with van der Waals surface area (Å²) in [6.07, 6.45) is 0.493. The third kappa shape index (κ3) is 1.97. The van der Waals surface area contributed by atoms with E-state index >= 15 is 0 Å². The molecular formula is C7H11F2NO.